The summed E-state index contributed by atoms with van der Waals surface area (Å²) in [6.45, 7) is 5.77. The third kappa shape index (κ3) is 3.33. The molecule has 3 nitrogen and oxygen atoms in total. The molecule has 0 saturated carbocycles. The van der Waals surface area contributed by atoms with Gasteiger partial charge in [-0.25, -0.2) is 0 Å². The molecule has 1 fully saturated rings. The van der Waals surface area contributed by atoms with Crippen LogP contribution in [0.2, 0.25) is 0 Å². The van der Waals surface area contributed by atoms with Gasteiger partial charge in [-0.05, 0) is 32.4 Å². The summed E-state index contributed by atoms with van der Waals surface area (Å²) in [5, 5.41) is 11.7. The molecule has 74 valence electrons. The van der Waals surface area contributed by atoms with E-state index in [1.807, 2.05) is 7.05 Å². The number of nitriles is 1. The van der Waals surface area contributed by atoms with Crippen LogP contribution in [0.4, 0.5) is 0 Å². The van der Waals surface area contributed by atoms with Crippen molar-refractivity contribution in [1.82, 2.24) is 10.2 Å². The molecule has 0 spiro atoms. The molecule has 2 atom stereocenters. The Labute approximate surface area is 80.7 Å². The minimum atomic E-state index is 0.0240. The Bertz CT molecular complexity index is 185. The van der Waals surface area contributed by atoms with Crippen molar-refractivity contribution in [2.24, 2.45) is 5.92 Å². The topological polar surface area (TPSA) is 39.1 Å². The fourth-order valence-corrected chi connectivity index (χ4v) is 1.81. The first-order valence-corrected chi connectivity index (χ1v) is 5.05. The van der Waals surface area contributed by atoms with E-state index < -0.39 is 0 Å². The van der Waals surface area contributed by atoms with Crippen LogP contribution in [-0.4, -0.2) is 37.6 Å². The van der Waals surface area contributed by atoms with Crippen LogP contribution in [0, 0.1) is 17.2 Å². The Kier molecular flexibility index (Phi) is 4.20. The molecule has 3 heteroatoms. The van der Waals surface area contributed by atoms with Crippen molar-refractivity contribution in [3.05, 3.63) is 0 Å². The Morgan fingerprint density at radius 1 is 1.69 bits per heavy atom. The maximum absolute atomic E-state index is 8.72. The van der Waals surface area contributed by atoms with Crippen molar-refractivity contribution in [1.29, 1.82) is 5.26 Å². The second-order valence-corrected chi connectivity index (χ2v) is 3.95. The largest absolute Gasteiger partial charge is 0.305 e. The molecule has 1 saturated heterocycles. The summed E-state index contributed by atoms with van der Waals surface area (Å²) in [4.78, 5) is 2.45. The van der Waals surface area contributed by atoms with Gasteiger partial charge < -0.3 is 10.2 Å². The molecule has 0 aromatic carbocycles. The van der Waals surface area contributed by atoms with E-state index in [0.29, 0.717) is 0 Å². The van der Waals surface area contributed by atoms with Crippen molar-refractivity contribution < 1.29 is 0 Å². The first-order valence-electron chi connectivity index (χ1n) is 5.05. The molecule has 0 aliphatic carbocycles. The summed E-state index contributed by atoms with van der Waals surface area (Å²) in [6.07, 6.45) is 2.26. The predicted octanol–water partition coefficient (Wildman–Crippen LogP) is 0.830. The second-order valence-electron chi connectivity index (χ2n) is 3.95. The third-order valence-electron chi connectivity index (χ3n) is 2.75. The van der Waals surface area contributed by atoms with E-state index in [0.717, 1.165) is 18.9 Å². The van der Waals surface area contributed by atoms with Gasteiger partial charge in [0.1, 0.15) is 0 Å². The zero-order valence-electron chi connectivity index (χ0n) is 8.58. The SMILES string of the molecule is CNC(C#N)CCN1CCC(C)C1. The fraction of sp³-hybridized carbons (Fsp3) is 0.900. The zero-order chi connectivity index (χ0) is 9.68. The number of nitrogens with one attached hydrogen (secondary N) is 1. The molecule has 0 aromatic rings. The summed E-state index contributed by atoms with van der Waals surface area (Å²) >= 11 is 0. The highest BCUT2D eigenvalue weighted by Crippen LogP contribution is 2.15. The normalized spacial score (nSPS) is 25.8. The molecule has 1 aliphatic heterocycles. The summed E-state index contributed by atoms with van der Waals surface area (Å²) in [5.41, 5.74) is 0. The van der Waals surface area contributed by atoms with E-state index in [9.17, 15) is 0 Å². The van der Waals surface area contributed by atoms with Gasteiger partial charge in [0.15, 0.2) is 0 Å². The van der Waals surface area contributed by atoms with Gasteiger partial charge >= 0.3 is 0 Å². The van der Waals surface area contributed by atoms with Gasteiger partial charge in [0.05, 0.1) is 12.1 Å². The van der Waals surface area contributed by atoms with E-state index in [4.69, 9.17) is 5.26 Å². The van der Waals surface area contributed by atoms with Crippen molar-refractivity contribution in [3.63, 3.8) is 0 Å². The van der Waals surface area contributed by atoms with Crippen LogP contribution < -0.4 is 5.32 Å². The second kappa shape index (κ2) is 5.21. The van der Waals surface area contributed by atoms with Gasteiger partial charge in [0.2, 0.25) is 0 Å². The lowest BCUT2D eigenvalue weighted by Crippen LogP contribution is -2.30. The first-order chi connectivity index (χ1) is 6.26. The minimum absolute atomic E-state index is 0.0240. The van der Waals surface area contributed by atoms with E-state index in [2.05, 4.69) is 23.2 Å². The van der Waals surface area contributed by atoms with Crippen LogP contribution in [0.1, 0.15) is 19.8 Å². The van der Waals surface area contributed by atoms with Gasteiger partial charge in [0, 0.05) is 13.1 Å². The van der Waals surface area contributed by atoms with Gasteiger partial charge in [-0.2, -0.15) is 5.26 Å². The Morgan fingerprint density at radius 3 is 2.92 bits per heavy atom. The molecule has 1 heterocycles. The van der Waals surface area contributed by atoms with E-state index in [-0.39, 0.29) is 6.04 Å². The minimum Gasteiger partial charge on any atom is -0.305 e. The standard InChI is InChI=1S/C10H19N3/c1-9-3-5-13(8-9)6-4-10(7-11)12-2/h9-10,12H,3-6,8H2,1-2H3. The van der Waals surface area contributed by atoms with E-state index in [1.54, 1.807) is 0 Å². The van der Waals surface area contributed by atoms with Gasteiger partial charge in [0.25, 0.3) is 0 Å². The quantitative estimate of drug-likeness (QED) is 0.698. The Hall–Kier alpha value is -0.590. The molecule has 0 aromatic heterocycles. The van der Waals surface area contributed by atoms with Crippen molar-refractivity contribution in [3.8, 4) is 6.07 Å². The van der Waals surface area contributed by atoms with Crippen LogP contribution in [0.15, 0.2) is 0 Å². The smallest absolute Gasteiger partial charge is 0.0962 e. The average molecular weight is 181 g/mol. The van der Waals surface area contributed by atoms with Crippen LogP contribution in [0.25, 0.3) is 0 Å². The molecule has 0 radical (unpaired) electrons. The molecule has 1 aliphatic rings. The van der Waals surface area contributed by atoms with Crippen LogP contribution in [0.3, 0.4) is 0 Å². The number of nitrogens with zero attached hydrogens (tertiary/aromatic N) is 2. The van der Waals surface area contributed by atoms with Gasteiger partial charge in [-0.1, -0.05) is 6.92 Å². The average Bonchev–Trinajstić information content (AvgIpc) is 2.53. The van der Waals surface area contributed by atoms with Crippen LogP contribution >= 0.6 is 0 Å². The van der Waals surface area contributed by atoms with Gasteiger partial charge in [-0.3, -0.25) is 0 Å². The highest BCUT2D eigenvalue weighted by atomic mass is 15.1. The zero-order valence-corrected chi connectivity index (χ0v) is 8.58. The van der Waals surface area contributed by atoms with Gasteiger partial charge in [-0.15, -0.1) is 0 Å². The highest BCUT2D eigenvalue weighted by Gasteiger charge is 2.18. The summed E-state index contributed by atoms with van der Waals surface area (Å²) in [7, 11) is 1.85. The van der Waals surface area contributed by atoms with Crippen molar-refractivity contribution in [2.75, 3.05) is 26.7 Å². The molecule has 1 N–H and O–H groups in total. The highest BCUT2D eigenvalue weighted by molar-refractivity contribution is 4.89. The van der Waals surface area contributed by atoms with E-state index in [1.165, 1.54) is 19.5 Å². The fourth-order valence-electron chi connectivity index (χ4n) is 1.81. The molecule has 0 bridgehead atoms. The van der Waals surface area contributed by atoms with Crippen molar-refractivity contribution >= 4 is 0 Å². The summed E-state index contributed by atoms with van der Waals surface area (Å²) < 4.78 is 0. The lowest BCUT2D eigenvalue weighted by molar-refractivity contribution is 0.314. The molecule has 13 heavy (non-hydrogen) atoms. The van der Waals surface area contributed by atoms with E-state index >= 15 is 0 Å². The third-order valence-corrected chi connectivity index (χ3v) is 2.75. The lowest BCUT2D eigenvalue weighted by atomic mass is 10.2. The Morgan fingerprint density at radius 2 is 2.46 bits per heavy atom. The number of hydrogen-bond acceptors (Lipinski definition) is 3. The van der Waals surface area contributed by atoms with Crippen LogP contribution in [-0.2, 0) is 0 Å². The number of rotatable bonds is 4. The number of hydrogen-bond donors (Lipinski definition) is 1. The number of likely N-dealkylation sites (tertiary alicyclic amines) is 1. The molecular weight excluding hydrogens is 162 g/mol. The summed E-state index contributed by atoms with van der Waals surface area (Å²) in [6, 6.07) is 2.27. The monoisotopic (exact) mass is 181 g/mol. The predicted molar refractivity (Wildman–Crippen MR) is 53.3 cm³/mol. The van der Waals surface area contributed by atoms with Crippen molar-refractivity contribution in [2.45, 2.75) is 25.8 Å². The molecule has 2 unspecified atom stereocenters. The summed E-state index contributed by atoms with van der Waals surface area (Å²) in [5.74, 6) is 0.843. The molecule has 0 amide bonds. The maximum Gasteiger partial charge on any atom is 0.0962 e. The van der Waals surface area contributed by atoms with Crippen LogP contribution in [0.5, 0.6) is 0 Å². The first kappa shape index (κ1) is 10.5. The maximum atomic E-state index is 8.72. The Balaban J connectivity index is 2.16. The molecule has 1 rings (SSSR count). The lowest BCUT2D eigenvalue weighted by Gasteiger charge is -2.16. The molecular formula is C10H19N3.